The fourth-order valence-corrected chi connectivity index (χ4v) is 3.86. The smallest absolute Gasteiger partial charge is 0.236 e. The van der Waals surface area contributed by atoms with Crippen LogP contribution in [0.2, 0.25) is 5.02 Å². The molecule has 0 spiro atoms. The Kier molecular flexibility index (Phi) is 6.38. The monoisotopic (exact) mass is 413 g/mol. The Bertz CT molecular complexity index is 817. The third-order valence-corrected chi connectivity index (χ3v) is 6.04. The Morgan fingerprint density at radius 1 is 1.07 bits per heavy atom. The summed E-state index contributed by atoms with van der Waals surface area (Å²) in [4.78, 5) is 16.6. The van der Waals surface area contributed by atoms with E-state index in [1.165, 1.54) is 5.56 Å². The van der Waals surface area contributed by atoms with Crippen LogP contribution in [0.5, 0.6) is 5.75 Å². The van der Waals surface area contributed by atoms with Crippen LogP contribution in [0.15, 0.2) is 48.5 Å². The average Bonchev–Trinajstić information content (AvgIpc) is 3.52. The van der Waals surface area contributed by atoms with E-state index in [4.69, 9.17) is 16.3 Å². The number of halogens is 1. The number of rotatable bonds is 7. The number of ether oxygens (including phenoxy) is 1. The van der Waals surface area contributed by atoms with Crippen LogP contribution >= 0.6 is 11.6 Å². The fourth-order valence-electron chi connectivity index (χ4n) is 3.73. The average molecular weight is 414 g/mol. The van der Waals surface area contributed by atoms with Crippen molar-refractivity contribution in [1.29, 1.82) is 0 Å². The van der Waals surface area contributed by atoms with Crippen LogP contribution in [0.3, 0.4) is 0 Å². The van der Waals surface area contributed by atoms with Crippen LogP contribution in [0.4, 0.5) is 0 Å². The molecule has 2 aromatic rings. The highest BCUT2D eigenvalue weighted by Crippen LogP contribution is 2.41. The molecule has 2 atom stereocenters. The van der Waals surface area contributed by atoms with E-state index < -0.39 is 0 Å². The summed E-state index contributed by atoms with van der Waals surface area (Å²) in [5.74, 6) is 1.56. The van der Waals surface area contributed by atoms with Crippen molar-refractivity contribution in [3.63, 3.8) is 0 Å². The first kappa shape index (κ1) is 20.2. The molecule has 29 heavy (non-hydrogen) atoms. The third kappa shape index (κ3) is 5.50. The number of amides is 1. The lowest BCUT2D eigenvalue weighted by Gasteiger charge is -2.32. The summed E-state index contributed by atoms with van der Waals surface area (Å²) in [5.41, 5.74) is 2.39. The Hall–Kier alpha value is -2.08. The zero-order valence-electron chi connectivity index (χ0n) is 16.8. The maximum absolute atomic E-state index is 12.4. The molecule has 1 heterocycles. The van der Waals surface area contributed by atoms with Gasteiger partial charge in [0.25, 0.3) is 0 Å². The molecule has 1 saturated carbocycles. The zero-order chi connectivity index (χ0) is 20.2. The molecular weight excluding hydrogens is 386 g/mol. The van der Waals surface area contributed by atoms with E-state index in [-0.39, 0.29) is 5.91 Å². The van der Waals surface area contributed by atoms with E-state index in [9.17, 15) is 4.79 Å². The van der Waals surface area contributed by atoms with Crippen molar-refractivity contribution in [2.75, 3.05) is 39.8 Å². The summed E-state index contributed by atoms with van der Waals surface area (Å²) in [5, 5.41) is 4.16. The predicted molar refractivity (Wildman–Crippen MR) is 115 cm³/mol. The van der Waals surface area contributed by atoms with Crippen molar-refractivity contribution in [3.8, 4) is 5.75 Å². The Morgan fingerprint density at radius 3 is 2.45 bits per heavy atom. The third-order valence-electron chi connectivity index (χ3n) is 5.79. The van der Waals surface area contributed by atoms with Crippen molar-refractivity contribution < 1.29 is 9.53 Å². The van der Waals surface area contributed by atoms with Gasteiger partial charge in [0.15, 0.2) is 0 Å². The van der Waals surface area contributed by atoms with E-state index in [1.54, 1.807) is 0 Å². The number of nitrogens with one attached hydrogen (secondary N) is 1. The number of nitrogens with zero attached hydrogens (tertiary/aromatic N) is 2. The molecule has 5 nitrogen and oxygen atoms in total. The van der Waals surface area contributed by atoms with Gasteiger partial charge in [-0.15, -0.1) is 0 Å². The molecule has 0 unspecified atom stereocenters. The van der Waals surface area contributed by atoms with Crippen molar-refractivity contribution >= 4 is 17.5 Å². The van der Waals surface area contributed by atoms with E-state index in [0.29, 0.717) is 25.1 Å². The van der Waals surface area contributed by atoms with Crippen molar-refractivity contribution in [2.45, 2.75) is 25.0 Å². The van der Waals surface area contributed by atoms with Gasteiger partial charge in [-0.1, -0.05) is 35.9 Å². The number of piperazine rings is 1. The second kappa shape index (κ2) is 9.16. The topological polar surface area (TPSA) is 44.8 Å². The minimum Gasteiger partial charge on any atom is -0.489 e. The second-order valence-corrected chi connectivity index (χ2v) is 8.43. The fraction of sp³-hybridized carbons (Fsp3) is 0.435. The van der Waals surface area contributed by atoms with Crippen LogP contribution in [-0.4, -0.2) is 61.5 Å². The summed E-state index contributed by atoms with van der Waals surface area (Å²) >= 11 is 5.91. The first-order valence-corrected chi connectivity index (χ1v) is 10.6. The van der Waals surface area contributed by atoms with Gasteiger partial charge in [-0.05, 0) is 48.9 Å². The molecule has 2 aliphatic rings. The highest BCUT2D eigenvalue weighted by Gasteiger charge is 2.38. The lowest BCUT2D eigenvalue weighted by Crippen LogP contribution is -2.49. The number of carbonyl (C=O) groups is 1. The van der Waals surface area contributed by atoms with Gasteiger partial charge in [0, 0.05) is 43.2 Å². The first-order chi connectivity index (χ1) is 14.1. The second-order valence-electron chi connectivity index (χ2n) is 8.00. The van der Waals surface area contributed by atoms with E-state index in [2.05, 4.69) is 29.4 Å². The molecular formula is C23H28ClN3O2. The summed E-state index contributed by atoms with van der Waals surface area (Å²) in [6.07, 6.45) is 1.08. The van der Waals surface area contributed by atoms with Gasteiger partial charge >= 0.3 is 0 Å². The van der Waals surface area contributed by atoms with Crippen LogP contribution in [0, 0.1) is 0 Å². The van der Waals surface area contributed by atoms with Crippen molar-refractivity contribution in [2.24, 2.45) is 0 Å². The molecule has 1 aliphatic carbocycles. The van der Waals surface area contributed by atoms with Gasteiger partial charge < -0.3 is 19.9 Å². The Balaban J connectivity index is 1.20. The Morgan fingerprint density at radius 2 is 1.76 bits per heavy atom. The largest absolute Gasteiger partial charge is 0.489 e. The van der Waals surface area contributed by atoms with Crippen LogP contribution < -0.4 is 10.1 Å². The van der Waals surface area contributed by atoms with Gasteiger partial charge in [-0.2, -0.15) is 0 Å². The standard InChI is InChI=1S/C23H28ClN3O2/c1-26-10-12-27(13-11-26)23(28)15-25-22-14-21(22)18-4-8-20(9-5-18)29-16-17-2-6-19(24)7-3-17/h2-9,21-22,25H,10-16H2,1H3/t21-,22+/m0/s1. The zero-order valence-corrected chi connectivity index (χ0v) is 17.6. The molecule has 1 saturated heterocycles. The molecule has 4 rings (SSSR count). The number of carbonyl (C=O) groups excluding carboxylic acids is 1. The minimum atomic E-state index is 0.217. The Labute approximate surface area is 177 Å². The summed E-state index contributed by atoms with van der Waals surface area (Å²) in [6, 6.07) is 16.4. The molecule has 1 N–H and O–H groups in total. The van der Waals surface area contributed by atoms with Crippen molar-refractivity contribution in [3.05, 3.63) is 64.7 Å². The normalized spacial score (nSPS) is 21.8. The number of benzene rings is 2. The summed E-state index contributed by atoms with van der Waals surface area (Å²) < 4.78 is 5.86. The molecule has 6 heteroatoms. The van der Waals surface area contributed by atoms with Gasteiger partial charge in [0.2, 0.25) is 5.91 Å². The van der Waals surface area contributed by atoms with E-state index in [1.807, 2.05) is 41.3 Å². The molecule has 154 valence electrons. The molecule has 2 aromatic carbocycles. The minimum absolute atomic E-state index is 0.217. The van der Waals surface area contributed by atoms with Gasteiger partial charge in [-0.25, -0.2) is 0 Å². The lowest BCUT2D eigenvalue weighted by atomic mass is 10.1. The van der Waals surface area contributed by atoms with Crippen LogP contribution in [-0.2, 0) is 11.4 Å². The van der Waals surface area contributed by atoms with Crippen LogP contribution in [0.1, 0.15) is 23.5 Å². The summed E-state index contributed by atoms with van der Waals surface area (Å²) in [6.45, 7) is 4.56. The number of likely N-dealkylation sites (N-methyl/N-ethyl adjacent to an activating group) is 1. The first-order valence-electron chi connectivity index (χ1n) is 10.3. The van der Waals surface area contributed by atoms with Gasteiger partial charge in [0.05, 0.1) is 6.54 Å². The molecule has 0 aromatic heterocycles. The highest BCUT2D eigenvalue weighted by molar-refractivity contribution is 6.30. The molecule has 1 amide bonds. The SMILES string of the molecule is CN1CCN(C(=O)CN[C@@H]2C[C@H]2c2ccc(OCc3ccc(Cl)cc3)cc2)CC1. The number of hydrogen-bond donors (Lipinski definition) is 1. The maximum atomic E-state index is 12.4. The highest BCUT2D eigenvalue weighted by atomic mass is 35.5. The molecule has 0 radical (unpaired) electrons. The maximum Gasteiger partial charge on any atom is 0.236 e. The predicted octanol–water partition coefficient (Wildman–Crippen LogP) is 3.14. The molecule has 0 bridgehead atoms. The molecule has 1 aliphatic heterocycles. The van der Waals surface area contributed by atoms with Gasteiger partial charge in [0.1, 0.15) is 12.4 Å². The number of hydrogen-bond acceptors (Lipinski definition) is 4. The van der Waals surface area contributed by atoms with Gasteiger partial charge in [-0.3, -0.25) is 4.79 Å². The van der Waals surface area contributed by atoms with E-state index in [0.717, 1.165) is 48.9 Å². The van der Waals surface area contributed by atoms with Crippen molar-refractivity contribution in [1.82, 2.24) is 15.1 Å². The quantitative estimate of drug-likeness (QED) is 0.757. The van der Waals surface area contributed by atoms with E-state index >= 15 is 0 Å². The molecule has 2 fully saturated rings. The lowest BCUT2D eigenvalue weighted by molar-refractivity contribution is -0.131. The summed E-state index contributed by atoms with van der Waals surface area (Å²) in [7, 11) is 2.10. The van der Waals surface area contributed by atoms with Crippen LogP contribution in [0.25, 0.3) is 0 Å².